The maximum atomic E-state index is 10.5. The van der Waals surface area contributed by atoms with E-state index < -0.39 is 11.5 Å². The summed E-state index contributed by atoms with van der Waals surface area (Å²) in [7, 11) is 0. The number of carbonyl (C=O) groups is 1. The summed E-state index contributed by atoms with van der Waals surface area (Å²) in [4.78, 5) is 10.5. The van der Waals surface area contributed by atoms with Crippen LogP contribution in [0.2, 0.25) is 0 Å². The van der Waals surface area contributed by atoms with Crippen molar-refractivity contribution in [2.45, 2.75) is 38.6 Å². The van der Waals surface area contributed by atoms with Crippen LogP contribution in [0.5, 0.6) is 0 Å². The summed E-state index contributed by atoms with van der Waals surface area (Å²) >= 11 is 0. The minimum atomic E-state index is -0.779. The minimum Gasteiger partial charge on any atom is -0.481 e. The van der Waals surface area contributed by atoms with Crippen LogP contribution in [0.1, 0.15) is 33.1 Å². The van der Waals surface area contributed by atoms with Gasteiger partial charge in [0.1, 0.15) is 0 Å². The highest BCUT2D eigenvalue weighted by atomic mass is 16.4. The third-order valence-electron chi connectivity index (χ3n) is 3.26. The summed E-state index contributed by atoms with van der Waals surface area (Å²) in [6, 6.07) is 0. The Morgan fingerprint density at radius 2 is 2.33 bits per heavy atom. The van der Waals surface area contributed by atoms with Crippen molar-refractivity contribution < 1.29 is 9.90 Å². The highest BCUT2D eigenvalue weighted by Gasteiger charge is 2.48. The van der Waals surface area contributed by atoms with Gasteiger partial charge in [0.15, 0.2) is 0 Å². The molecule has 0 radical (unpaired) electrons. The van der Waals surface area contributed by atoms with E-state index in [4.69, 9.17) is 10.8 Å². The van der Waals surface area contributed by atoms with Crippen LogP contribution in [-0.2, 0) is 4.79 Å². The lowest BCUT2D eigenvalue weighted by Gasteiger charge is -2.51. The third-order valence-corrected chi connectivity index (χ3v) is 3.26. The van der Waals surface area contributed by atoms with Gasteiger partial charge in [-0.15, -0.1) is 0 Å². The summed E-state index contributed by atoms with van der Waals surface area (Å²) in [6.07, 6.45) is 2.10. The fraction of sp³-hybridized carbons (Fsp3) is 0.889. The molecule has 1 aliphatic rings. The molecule has 3 atom stereocenters. The molecule has 1 rings (SSSR count). The summed E-state index contributed by atoms with van der Waals surface area (Å²) in [5.41, 5.74) is 5.51. The van der Waals surface area contributed by atoms with E-state index in [1.165, 1.54) is 0 Å². The molecule has 1 aliphatic carbocycles. The Balaban J connectivity index is 2.49. The fourth-order valence-corrected chi connectivity index (χ4v) is 2.17. The van der Waals surface area contributed by atoms with Crippen LogP contribution < -0.4 is 5.73 Å². The van der Waals surface area contributed by atoms with Crippen LogP contribution in [0.3, 0.4) is 0 Å². The van der Waals surface area contributed by atoms with Crippen LogP contribution in [0.25, 0.3) is 0 Å². The van der Waals surface area contributed by atoms with Crippen LogP contribution >= 0.6 is 0 Å². The van der Waals surface area contributed by atoms with Gasteiger partial charge in [-0.3, -0.25) is 4.79 Å². The van der Waals surface area contributed by atoms with E-state index in [1.54, 1.807) is 0 Å². The van der Waals surface area contributed by atoms with Gasteiger partial charge in [0, 0.05) is 5.54 Å². The highest BCUT2D eigenvalue weighted by Crippen LogP contribution is 2.45. The molecule has 12 heavy (non-hydrogen) atoms. The van der Waals surface area contributed by atoms with Crippen molar-refractivity contribution in [2.24, 2.45) is 17.6 Å². The molecule has 1 fully saturated rings. The lowest BCUT2D eigenvalue weighted by molar-refractivity contribution is -0.141. The molecular formula is C9H17NO2. The Kier molecular flexibility index (Phi) is 2.42. The second kappa shape index (κ2) is 3.05. The van der Waals surface area contributed by atoms with Gasteiger partial charge in [-0.25, -0.2) is 0 Å². The molecule has 70 valence electrons. The molecule has 0 aromatic heterocycles. The second-order valence-corrected chi connectivity index (χ2v) is 3.96. The summed E-state index contributed by atoms with van der Waals surface area (Å²) in [6.45, 7) is 4.18. The largest absolute Gasteiger partial charge is 0.481 e. The predicted molar refractivity (Wildman–Crippen MR) is 46.7 cm³/mol. The quantitative estimate of drug-likeness (QED) is 0.671. The first-order chi connectivity index (χ1) is 5.49. The van der Waals surface area contributed by atoms with E-state index in [-0.39, 0.29) is 6.42 Å². The summed E-state index contributed by atoms with van der Waals surface area (Å²) < 4.78 is 0. The maximum Gasteiger partial charge on any atom is 0.305 e. The number of aliphatic carboxylic acids is 1. The van der Waals surface area contributed by atoms with E-state index in [1.807, 2.05) is 0 Å². The number of nitrogens with two attached hydrogens (primary N) is 1. The first-order valence-electron chi connectivity index (χ1n) is 4.50. The molecule has 3 nitrogen and oxygen atoms in total. The van der Waals surface area contributed by atoms with E-state index in [2.05, 4.69) is 13.8 Å². The van der Waals surface area contributed by atoms with Crippen LogP contribution in [0.15, 0.2) is 0 Å². The van der Waals surface area contributed by atoms with Crippen LogP contribution in [-0.4, -0.2) is 16.6 Å². The Labute approximate surface area is 72.9 Å². The van der Waals surface area contributed by atoms with Gasteiger partial charge < -0.3 is 10.8 Å². The number of hydrogen-bond acceptors (Lipinski definition) is 2. The standard InChI is InChI=1S/C9H17NO2/c1-3-7-4-9(10,6(7)2)5-8(11)12/h6-7H,3-5,10H2,1-2H3,(H,11,12). The molecular weight excluding hydrogens is 154 g/mol. The molecule has 0 aromatic rings. The molecule has 3 unspecified atom stereocenters. The van der Waals surface area contributed by atoms with Crippen molar-refractivity contribution in [1.29, 1.82) is 0 Å². The van der Waals surface area contributed by atoms with Crippen molar-refractivity contribution in [2.75, 3.05) is 0 Å². The van der Waals surface area contributed by atoms with E-state index in [9.17, 15) is 4.79 Å². The average molecular weight is 171 g/mol. The van der Waals surface area contributed by atoms with E-state index in [0.29, 0.717) is 11.8 Å². The van der Waals surface area contributed by atoms with Crippen LogP contribution in [0.4, 0.5) is 0 Å². The highest BCUT2D eigenvalue weighted by molar-refractivity contribution is 5.68. The average Bonchev–Trinajstić information content (AvgIpc) is 1.98. The summed E-state index contributed by atoms with van der Waals surface area (Å²) in [5.74, 6) is 0.215. The number of hydrogen-bond donors (Lipinski definition) is 2. The zero-order chi connectivity index (χ0) is 9.35. The van der Waals surface area contributed by atoms with Crippen molar-refractivity contribution in [1.82, 2.24) is 0 Å². The van der Waals surface area contributed by atoms with E-state index in [0.717, 1.165) is 12.8 Å². The Morgan fingerprint density at radius 1 is 1.75 bits per heavy atom. The number of carboxylic acid groups (broad SMARTS) is 1. The van der Waals surface area contributed by atoms with Gasteiger partial charge in [0.05, 0.1) is 6.42 Å². The van der Waals surface area contributed by atoms with Gasteiger partial charge in [0.25, 0.3) is 0 Å². The zero-order valence-corrected chi connectivity index (χ0v) is 7.71. The van der Waals surface area contributed by atoms with Gasteiger partial charge in [0.2, 0.25) is 0 Å². The molecule has 0 aromatic carbocycles. The molecule has 3 heteroatoms. The Morgan fingerprint density at radius 3 is 2.67 bits per heavy atom. The maximum absolute atomic E-state index is 10.5. The third kappa shape index (κ3) is 1.46. The van der Waals surface area contributed by atoms with Crippen molar-refractivity contribution in [3.63, 3.8) is 0 Å². The van der Waals surface area contributed by atoms with Crippen molar-refractivity contribution in [3.05, 3.63) is 0 Å². The predicted octanol–water partition coefficient (Wildman–Crippen LogP) is 1.22. The van der Waals surface area contributed by atoms with Gasteiger partial charge >= 0.3 is 5.97 Å². The molecule has 0 aliphatic heterocycles. The molecule has 0 amide bonds. The summed E-state index contributed by atoms with van der Waals surface area (Å²) in [5, 5.41) is 8.61. The van der Waals surface area contributed by atoms with Gasteiger partial charge in [-0.2, -0.15) is 0 Å². The van der Waals surface area contributed by atoms with E-state index >= 15 is 0 Å². The van der Waals surface area contributed by atoms with Crippen molar-refractivity contribution in [3.8, 4) is 0 Å². The Bertz CT molecular complexity index is 193. The first kappa shape index (κ1) is 9.52. The Hall–Kier alpha value is -0.570. The molecule has 1 saturated carbocycles. The topological polar surface area (TPSA) is 63.3 Å². The molecule has 3 N–H and O–H groups in total. The number of carboxylic acids is 1. The van der Waals surface area contributed by atoms with Gasteiger partial charge in [-0.05, 0) is 18.3 Å². The minimum absolute atomic E-state index is 0.116. The lowest BCUT2D eigenvalue weighted by Crippen LogP contribution is -2.60. The molecule has 0 saturated heterocycles. The lowest BCUT2D eigenvalue weighted by atomic mass is 9.58. The number of rotatable bonds is 3. The zero-order valence-electron chi connectivity index (χ0n) is 7.71. The smallest absolute Gasteiger partial charge is 0.305 e. The fourth-order valence-electron chi connectivity index (χ4n) is 2.17. The molecule has 0 spiro atoms. The molecule has 0 heterocycles. The van der Waals surface area contributed by atoms with Crippen molar-refractivity contribution >= 4 is 5.97 Å². The molecule has 0 bridgehead atoms. The van der Waals surface area contributed by atoms with Gasteiger partial charge in [-0.1, -0.05) is 20.3 Å². The second-order valence-electron chi connectivity index (χ2n) is 3.96. The first-order valence-corrected chi connectivity index (χ1v) is 4.50. The normalized spacial score (nSPS) is 40.6. The monoisotopic (exact) mass is 171 g/mol. The van der Waals surface area contributed by atoms with Crippen LogP contribution in [0, 0.1) is 11.8 Å². The SMILES string of the molecule is CCC1CC(N)(CC(=O)O)C1C.